The Balaban J connectivity index is 1.63. The Hall–Kier alpha value is -3.45. The summed E-state index contributed by atoms with van der Waals surface area (Å²) >= 11 is 5.80. The number of hydrazine groups is 1. The number of carbonyl (C=O) groups excluding carboxylic acids is 2. The highest BCUT2D eigenvalue weighted by Gasteiger charge is 2.13. The van der Waals surface area contributed by atoms with Crippen LogP contribution in [0.4, 0.5) is 4.39 Å². The lowest BCUT2D eigenvalue weighted by Gasteiger charge is -2.10. The number of halogens is 2. The molecular formula is C21H17ClFN3O3. The number of benzene rings is 2. The zero-order chi connectivity index (χ0) is 20.8. The smallest absolute Gasteiger partial charge is 0.275 e. The number of nitrogens with zero attached hydrogens (tertiary/aromatic N) is 1. The van der Waals surface area contributed by atoms with Gasteiger partial charge in [-0.3, -0.25) is 25.2 Å². The van der Waals surface area contributed by atoms with Gasteiger partial charge in [-0.2, -0.15) is 0 Å². The largest absolute Gasteiger partial charge is 0.310 e. The summed E-state index contributed by atoms with van der Waals surface area (Å²) in [5, 5.41) is 0.559. The molecule has 0 atom stereocenters. The van der Waals surface area contributed by atoms with Crippen LogP contribution in [0.2, 0.25) is 5.02 Å². The molecule has 1 aromatic heterocycles. The topological polar surface area (TPSA) is 80.2 Å². The zero-order valence-corrected chi connectivity index (χ0v) is 15.9. The van der Waals surface area contributed by atoms with Gasteiger partial charge < -0.3 is 4.57 Å². The van der Waals surface area contributed by atoms with Crippen molar-refractivity contribution in [3.05, 3.63) is 105 Å². The summed E-state index contributed by atoms with van der Waals surface area (Å²) in [6.07, 6.45) is 1.57. The van der Waals surface area contributed by atoms with Gasteiger partial charge in [-0.05, 0) is 47.5 Å². The molecule has 148 valence electrons. The molecule has 0 aliphatic carbocycles. The average molecular weight is 414 g/mol. The van der Waals surface area contributed by atoms with Crippen LogP contribution in [0.3, 0.4) is 0 Å². The van der Waals surface area contributed by atoms with E-state index >= 15 is 0 Å². The second kappa shape index (κ2) is 9.16. The van der Waals surface area contributed by atoms with Crippen molar-refractivity contribution in [2.75, 3.05) is 0 Å². The molecule has 29 heavy (non-hydrogen) atoms. The van der Waals surface area contributed by atoms with E-state index in [0.29, 0.717) is 10.6 Å². The molecular weight excluding hydrogens is 397 g/mol. The van der Waals surface area contributed by atoms with Crippen molar-refractivity contribution in [2.45, 2.75) is 13.0 Å². The van der Waals surface area contributed by atoms with Gasteiger partial charge in [-0.15, -0.1) is 0 Å². The number of pyridine rings is 1. The third-order valence-corrected chi connectivity index (χ3v) is 4.38. The number of hydrogen-bond donors (Lipinski definition) is 2. The van der Waals surface area contributed by atoms with E-state index in [1.54, 1.807) is 42.5 Å². The van der Waals surface area contributed by atoms with Gasteiger partial charge in [0.15, 0.2) is 0 Å². The molecule has 2 amide bonds. The predicted molar refractivity (Wildman–Crippen MR) is 107 cm³/mol. The maximum atomic E-state index is 13.0. The van der Waals surface area contributed by atoms with Gasteiger partial charge in [0.25, 0.3) is 11.5 Å². The molecule has 0 unspecified atom stereocenters. The maximum absolute atomic E-state index is 13.0. The lowest BCUT2D eigenvalue weighted by molar-refractivity contribution is -0.121. The minimum atomic E-state index is -0.729. The molecule has 1 heterocycles. The summed E-state index contributed by atoms with van der Waals surface area (Å²) in [6, 6.07) is 15.4. The molecule has 3 rings (SSSR count). The van der Waals surface area contributed by atoms with Gasteiger partial charge in [0.05, 0.1) is 13.0 Å². The highest BCUT2D eigenvalue weighted by molar-refractivity contribution is 6.30. The van der Waals surface area contributed by atoms with Crippen LogP contribution in [-0.2, 0) is 17.8 Å². The lowest BCUT2D eigenvalue weighted by atomic mass is 10.1. The third kappa shape index (κ3) is 5.52. The van der Waals surface area contributed by atoms with Gasteiger partial charge >= 0.3 is 0 Å². The fourth-order valence-corrected chi connectivity index (χ4v) is 2.77. The van der Waals surface area contributed by atoms with Crippen LogP contribution in [-0.4, -0.2) is 16.4 Å². The molecule has 0 spiro atoms. The van der Waals surface area contributed by atoms with Crippen molar-refractivity contribution in [1.29, 1.82) is 0 Å². The number of rotatable bonds is 5. The SMILES string of the molecule is O=C(Cc1ccc(Cl)cc1)NNC(=O)c1cccn(Cc2ccc(F)cc2)c1=O. The average Bonchev–Trinajstić information content (AvgIpc) is 2.71. The molecule has 3 aromatic rings. The zero-order valence-electron chi connectivity index (χ0n) is 15.2. The van der Waals surface area contributed by atoms with Crippen LogP contribution in [0.15, 0.2) is 71.7 Å². The van der Waals surface area contributed by atoms with E-state index in [1.165, 1.54) is 29.0 Å². The molecule has 8 heteroatoms. The van der Waals surface area contributed by atoms with E-state index in [1.807, 2.05) is 0 Å². The Morgan fingerprint density at radius 3 is 2.28 bits per heavy atom. The van der Waals surface area contributed by atoms with E-state index < -0.39 is 17.4 Å². The van der Waals surface area contributed by atoms with E-state index in [0.717, 1.165) is 5.56 Å². The van der Waals surface area contributed by atoms with E-state index in [-0.39, 0.29) is 24.3 Å². The van der Waals surface area contributed by atoms with Crippen molar-refractivity contribution < 1.29 is 14.0 Å². The first-order valence-electron chi connectivity index (χ1n) is 8.70. The maximum Gasteiger partial charge on any atom is 0.275 e. The van der Waals surface area contributed by atoms with Crippen LogP contribution in [0.25, 0.3) is 0 Å². The standard InChI is InChI=1S/C21H17ClFN3O3/c22-16-7-3-14(4-8-16)12-19(27)24-25-20(28)18-2-1-11-26(21(18)29)13-15-5-9-17(23)10-6-15/h1-11H,12-13H2,(H,24,27)(H,25,28). The van der Waals surface area contributed by atoms with E-state index in [2.05, 4.69) is 10.9 Å². The highest BCUT2D eigenvalue weighted by atomic mass is 35.5. The molecule has 0 radical (unpaired) electrons. The first-order chi connectivity index (χ1) is 13.9. The van der Waals surface area contributed by atoms with Crippen LogP contribution in [0.5, 0.6) is 0 Å². The molecule has 0 saturated carbocycles. The molecule has 0 saturated heterocycles. The quantitative estimate of drug-likeness (QED) is 0.631. The van der Waals surface area contributed by atoms with Gasteiger partial charge in [0, 0.05) is 11.2 Å². The van der Waals surface area contributed by atoms with Crippen molar-refractivity contribution >= 4 is 23.4 Å². The molecule has 0 bridgehead atoms. The second-order valence-corrected chi connectivity index (χ2v) is 6.72. The van der Waals surface area contributed by atoms with Crippen LogP contribution < -0.4 is 16.4 Å². The Morgan fingerprint density at radius 2 is 1.59 bits per heavy atom. The molecule has 0 fully saturated rings. The molecule has 2 N–H and O–H groups in total. The van der Waals surface area contributed by atoms with Crippen LogP contribution >= 0.6 is 11.6 Å². The fourth-order valence-electron chi connectivity index (χ4n) is 2.65. The van der Waals surface area contributed by atoms with Crippen molar-refractivity contribution in [1.82, 2.24) is 15.4 Å². The summed E-state index contributed by atoms with van der Waals surface area (Å²) < 4.78 is 14.3. The summed E-state index contributed by atoms with van der Waals surface area (Å²) in [6.45, 7) is 0.184. The van der Waals surface area contributed by atoms with Crippen molar-refractivity contribution in [3.63, 3.8) is 0 Å². The fraction of sp³-hybridized carbons (Fsp3) is 0.0952. The number of amides is 2. The number of hydrogen-bond acceptors (Lipinski definition) is 3. The lowest BCUT2D eigenvalue weighted by Crippen LogP contribution is -2.44. The minimum Gasteiger partial charge on any atom is -0.310 e. The summed E-state index contributed by atoms with van der Waals surface area (Å²) in [5.41, 5.74) is 5.31. The van der Waals surface area contributed by atoms with Gasteiger partial charge in [0.2, 0.25) is 5.91 Å². The highest BCUT2D eigenvalue weighted by Crippen LogP contribution is 2.09. The number of aromatic nitrogens is 1. The van der Waals surface area contributed by atoms with Crippen molar-refractivity contribution in [2.24, 2.45) is 0 Å². The minimum absolute atomic E-state index is 0.0427. The Labute approximate surface area is 170 Å². The molecule has 0 aliphatic heterocycles. The first-order valence-corrected chi connectivity index (χ1v) is 9.08. The first kappa shape index (κ1) is 20.3. The summed E-state index contributed by atoms with van der Waals surface area (Å²) in [7, 11) is 0. The van der Waals surface area contributed by atoms with E-state index in [4.69, 9.17) is 11.6 Å². The Bertz CT molecular complexity index is 1080. The number of carbonyl (C=O) groups is 2. The Morgan fingerprint density at radius 1 is 0.931 bits per heavy atom. The third-order valence-electron chi connectivity index (χ3n) is 4.12. The molecule has 0 aliphatic rings. The normalized spacial score (nSPS) is 10.4. The monoisotopic (exact) mass is 413 g/mol. The predicted octanol–water partition coefficient (Wildman–Crippen LogP) is 2.69. The van der Waals surface area contributed by atoms with Gasteiger partial charge in [-0.25, -0.2) is 4.39 Å². The second-order valence-electron chi connectivity index (χ2n) is 6.29. The van der Waals surface area contributed by atoms with Crippen LogP contribution in [0, 0.1) is 5.82 Å². The van der Waals surface area contributed by atoms with Crippen molar-refractivity contribution in [3.8, 4) is 0 Å². The van der Waals surface area contributed by atoms with Crippen LogP contribution in [0.1, 0.15) is 21.5 Å². The van der Waals surface area contributed by atoms with E-state index in [9.17, 15) is 18.8 Å². The van der Waals surface area contributed by atoms with Gasteiger partial charge in [-0.1, -0.05) is 35.9 Å². The summed E-state index contributed by atoms with van der Waals surface area (Å²) in [5.74, 6) is -1.54. The van der Waals surface area contributed by atoms with Gasteiger partial charge in [0.1, 0.15) is 11.4 Å². The molecule has 2 aromatic carbocycles. The summed E-state index contributed by atoms with van der Waals surface area (Å²) in [4.78, 5) is 36.8. The Kier molecular flexibility index (Phi) is 6.41. The molecule has 6 nitrogen and oxygen atoms in total. The number of nitrogens with one attached hydrogen (secondary N) is 2.